The van der Waals surface area contributed by atoms with Crippen LogP contribution in [0.5, 0.6) is 0 Å². The van der Waals surface area contributed by atoms with E-state index in [0.29, 0.717) is 26.2 Å². The van der Waals surface area contributed by atoms with Gasteiger partial charge in [-0.3, -0.25) is 14.5 Å². The smallest absolute Gasteiger partial charge is 0.251 e. The highest BCUT2D eigenvalue weighted by Gasteiger charge is 2.32. The molecule has 0 spiro atoms. The largest absolute Gasteiger partial charge is 0.368 e. The normalized spacial score (nSPS) is 24.6. The predicted octanol–water partition coefficient (Wildman–Crippen LogP) is 0.000300. The van der Waals surface area contributed by atoms with Crippen molar-refractivity contribution < 1.29 is 14.3 Å². The van der Waals surface area contributed by atoms with Crippen LogP contribution < -0.4 is 5.32 Å². The lowest BCUT2D eigenvalue weighted by molar-refractivity contribution is -0.143. The second kappa shape index (κ2) is 7.56. The number of hydrogen-bond acceptors (Lipinski definition) is 4. The lowest BCUT2D eigenvalue weighted by atomic mass is 10.1. The van der Waals surface area contributed by atoms with Crippen molar-refractivity contribution in [2.24, 2.45) is 0 Å². The first-order valence-corrected chi connectivity index (χ1v) is 7.66. The summed E-state index contributed by atoms with van der Waals surface area (Å²) >= 11 is 0. The van der Waals surface area contributed by atoms with E-state index in [1.807, 2.05) is 11.8 Å². The third-order valence-electron chi connectivity index (χ3n) is 4.18. The van der Waals surface area contributed by atoms with Crippen LogP contribution in [0.15, 0.2) is 12.7 Å². The molecule has 0 aromatic rings. The van der Waals surface area contributed by atoms with Gasteiger partial charge in [-0.1, -0.05) is 6.08 Å². The van der Waals surface area contributed by atoms with Crippen LogP contribution in [0.1, 0.15) is 19.8 Å². The van der Waals surface area contributed by atoms with Crippen molar-refractivity contribution in [1.29, 1.82) is 0 Å². The van der Waals surface area contributed by atoms with Crippen LogP contribution >= 0.6 is 0 Å². The molecule has 2 amide bonds. The fourth-order valence-corrected chi connectivity index (χ4v) is 2.79. The van der Waals surface area contributed by atoms with Gasteiger partial charge in [0.15, 0.2) is 0 Å². The SMILES string of the molecule is C=CCNC(=O)C(C)N1CCN(C(=O)C2CCCO2)CC1. The summed E-state index contributed by atoms with van der Waals surface area (Å²) in [4.78, 5) is 28.1. The number of hydrogen-bond donors (Lipinski definition) is 1. The Hall–Kier alpha value is -1.40. The minimum Gasteiger partial charge on any atom is -0.368 e. The topological polar surface area (TPSA) is 61.9 Å². The zero-order valence-corrected chi connectivity index (χ0v) is 12.7. The van der Waals surface area contributed by atoms with Crippen LogP contribution in [0.4, 0.5) is 0 Å². The molecule has 6 nitrogen and oxygen atoms in total. The van der Waals surface area contributed by atoms with Gasteiger partial charge < -0.3 is 15.0 Å². The number of ether oxygens (including phenoxy) is 1. The molecule has 0 aliphatic carbocycles. The number of amides is 2. The van der Waals surface area contributed by atoms with Gasteiger partial charge in [0.1, 0.15) is 6.10 Å². The first-order chi connectivity index (χ1) is 10.1. The summed E-state index contributed by atoms with van der Waals surface area (Å²) in [7, 11) is 0. The molecule has 1 N–H and O–H groups in total. The molecule has 0 saturated carbocycles. The van der Waals surface area contributed by atoms with Gasteiger partial charge in [-0.05, 0) is 19.8 Å². The minimum atomic E-state index is -0.245. The number of carbonyl (C=O) groups is 2. The Morgan fingerprint density at radius 3 is 2.67 bits per heavy atom. The fourth-order valence-electron chi connectivity index (χ4n) is 2.79. The molecule has 21 heavy (non-hydrogen) atoms. The Kier molecular flexibility index (Phi) is 5.76. The second-order valence-corrected chi connectivity index (χ2v) is 5.57. The molecular weight excluding hydrogens is 270 g/mol. The Balaban J connectivity index is 1.78. The van der Waals surface area contributed by atoms with E-state index in [4.69, 9.17) is 4.74 Å². The van der Waals surface area contributed by atoms with E-state index in [-0.39, 0.29) is 24.0 Å². The van der Waals surface area contributed by atoms with Gasteiger partial charge in [0, 0.05) is 39.3 Å². The molecule has 6 heteroatoms. The summed E-state index contributed by atoms with van der Waals surface area (Å²) in [5, 5.41) is 2.81. The zero-order chi connectivity index (χ0) is 15.2. The second-order valence-electron chi connectivity index (χ2n) is 5.57. The Morgan fingerprint density at radius 1 is 1.38 bits per heavy atom. The van der Waals surface area contributed by atoms with Gasteiger partial charge in [0.05, 0.1) is 6.04 Å². The van der Waals surface area contributed by atoms with Crippen molar-refractivity contribution in [2.45, 2.75) is 31.9 Å². The quantitative estimate of drug-likeness (QED) is 0.725. The Bertz CT molecular complexity index is 386. The maximum atomic E-state index is 12.2. The van der Waals surface area contributed by atoms with Gasteiger partial charge >= 0.3 is 0 Å². The van der Waals surface area contributed by atoms with E-state index in [0.717, 1.165) is 25.9 Å². The van der Waals surface area contributed by atoms with Gasteiger partial charge in [-0.2, -0.15) is 0 Å². The van der Waals surface area contributed by atoms with E-state index in [9.17, 15) is 9.59 Å². The first-order valence-electron chi connectivity index (χ1n) is 7.66. The van der Waals surface area contributed by atoms with Crippen LogP contribution in [0.25, 0.3) is 0 Å². The molecule has 2 aliphatic heterocycles. The Morgan fingerprint density at radius 2 is 2.10 bits per heavy atom. The third kappa shape index (κ3) is 4.04. The minimum absolute atomic E-state index is 0.00815. The van der Waals surface area contributed by atoms with Gasteiger partial charge in [0.25, 0.3) is 5.91 Å². The van der Waals surface area contributed by atoms with Crippen LogP contribution in [0.2, 0.25) is 0 Å². The molecular formula is C15H25N3O3. The maximum Gasteiger partial charge on any atom is 0.251 e. The molecule has 2 atom stereocenters. The van der Waals surface area contributed by atoms with Crippen molar-refractivity contribution >= 4 is 11.8 Å². The summed E-state index contributed by atoms with van der Waals surface area (Å²) in [5.41, 5.74) is 0. The van der Waals surface area contributed by atoms with Gasteiger partial charge in [-0.15, -0.1) is 6.58 Å². The van der Waals surface area contributed by atoms with E-state index in [1.165, 1.54) is 0 Å². The molecule has 0 bridgehead atoms. The van der Waals surface area contributed by atoms with E-state index >= 15 is 0 Å². The molecule has 2 fully saturated rings. The van der Waals surface area contributed by atoms with Crippen molar-refractivity contribution in [3.8, 4) is 0 Å². The predicted molar refractivity (Wildman–Crippen MR) is 79.8 cm³/mol. The summed E-state index contributed by atoms with van der Waals surface area (Å²) < 4.78 is 5.45. The summed E-state index contributed by atoms with van der Waals surface area (Å²) in [6.45, 7) is 9.44. The molecule has 2 saturated heterocycles. The number of rotatable bonds is 5. The number of nitrogens with one attached hydrogen (secondary N) is 1. The van der Waals surface area contributed by atoms with Crippen LogP contribution in [-0.4, -0.2) is 73.1 Å². The van der Waals surface area contributed by atoms with Gasteiger partial charge in [-0.25, -0.2) is 0 Å². The van der Waals surface area contributed by atoms with Crippen molar-refractivity contribution in [3.05, 3.63) is 12.7 Å². The number of nitrogens with zero attached hydrogens (tertiary/aromatic N) is 2. The van der Waals surface area contributed by atoms with Crippen molar-refractivity contribution in [2.75, 3.05) is 39.3 Å². The summed E-state index contributed by atoms with van der Waals surface area (Å²) in [5.74, 6) is 0.115. The summed E-state index contributed by atoms with van der Waals surface area (Å²) in [6, 6.07) is -0.176. The van der Waals surface area contributed by atoms with Gasteiger partial charge in [0.2, 0.25) is 5.91 Å². The third-order valence-corrected chi connectivity index (χ3v) is 4.18. The average Bonchev–Trinajstić information content (AvgIpc) is 3.05. The molecule has 2 rings (SSSR count). The lowest BCUT2D eigenvalue weighted by Crippen LogP contribution is -2.56. The Labute approximate surface area is 126 Å². The monoisotopic (exact) mass is 295 g/mol. The number of piperazine rings is 1. The van der Waals surface area contributed by atoms with Crippen LogP contribution in [0.3, 0.4) is 0 Å². The van der Waals surface area contributed by atoms with Crippen molar-refractivity contribution in [1.82, 2.24) is 15.1 Å². The standard InChI is InChI=1S/C15H25N3O3/c1-3-6-16-14(19)12(2)17-7-9-18(10-8-17)15(20)13-5-4-11-21-13/h3,12-13H,1,4-11H2,2H3,(H,16,19). The highest BCUT2D eigenvalue weighted by molar-refractivity contribution is 5.82. The van der Waals surface area contributed by atoms with Crippen LogP contribution in [0, 0.1) is 0 Å². The molecule has 118 valence electrons. The van der Waals surface area contributed by atoms with E-state index in [2.05, 4.69) is 16.8 Å². The maximum absolute atomic E-state index is 12.2. The zero-order valence-electron chi connectivity index (χ0n) is 12.7. The molecule has 2 heterocycles. The van der Waals surface area contributed by atoms with E-state index in [1.54, 1.807) is 6.08 Å². The highest BCUT2D eigenvalue weighted by Crippen LogP contribution is 2.16. The fraction of sp³-hybridized carbons (Fsp3) is 0.733. The van der Waals surface area contributed by atoms with Crippen molar-refractivity contribution in [3.63, 3.8) is 0 Å². The van der Waals surface area contributed by atoms with E-state index < -0.39 is 0 Å². The highest BCUT2D eigenvalue weighted by atomic mass is 16.5. The molecule has 0 radical (unpaired) electrons. The molecule has 2 unspecified atom stereocenters. The first kappa shape index (κ1) is 16.0. The van der Waals surface area contributed by atoms with Crippen LogP contribution in [-0.2, 0) is 14.3 Å². The molecule has 2 aliphatic rings. The lowest BCUT2D eigenvalue weighted by Gasteiger charge is -2.38. The molecule has 0 aromatic heterocycles. The average molecular weight is 295 g/mol. The summed E-state index contributed by atoms with van der Waals surface area (Å²) in [6.07, 6.45) is 3.23. The molecule has 0 aromatic carbocycles. The number of carbonyl (C=O) groups excluding carboxylic acids is 2.